The van der Waals surface area contributed by atoms with Crippen LogP contribution in [0, 0.1) is 17.2 Å². The van der Waals surface area contributed by atoms with Gasteiger partial charge in [-0.05, 0) is 24.8 Å². The summed E-state index contributed by atoms with van der Waals surface area (Å²) in [7, 11) is 0. The van der Waals surface area contributed by atoms with Crippen LogP contribution in [-0.2, 0) is 4.79 Å². The number of nitriles is 1. The van der Waals surface area contributed by atoms with Crippen molar-refractivity contribution >= 4 is 22.6 Å². The van der Waals surface area contributed by atoms with E-state index in [0.29, 0.717) is 29.7 Å². The molecule has 2 heterocycles. The zero-order chi connectivity index (χ0) is 20.3. The summed E-state index contributed by atoms with van der Waals surface area (Å²) in [6.45, 7) is 2.04. The average molecular weight is 393 g/mol. The number of amides is 1. The van der Waals surface area contributed by atoms with Crippen molar-refractivity contribution in [2.45, 2.75) is 57.3 Å². The van der Waals surface area contributed by atoms with Gasteiger partial charge in [-0.3, -0.25) is 4.79 Å². The van der Waals surface area contributed by atoms with E-state index in [2.05, 4.69) is 26.7 Å². The molecule has 3 atom stereocenters. The van der Waals surface area contributed by atoms with E-state index in [1.807, 2.05) is 13.0 Å². The van der Waals surface area contributed by atoms with Crippen molar-refractivity contribution in [1.82, 2.24) is 15.3 Å². The molecular formula is C19H22F3N5O. The monoisotopic (exact) mass is 393 g/mol. The molecule has 1 aliphatic rings. The number of carbonyl (C=O) groups is 1. The maximum Gasteiger partial charge on any atom is 0.389 e. The fourth-order valence-corrected chi connectivity index (χ4v) is 3.86. The summed E-state index contributed by atoms with van der Waals surface area (Å²) in [5.41, 5.74) is 1.80. The molecule has 2 aromatic rings. The Hall–Kier alpha value is -2.76. The first kappa shape index (κ1) is 20.0. The predicted molar refractivity (Wildman–Crippen MR) is 98.5 cm³/mol. The largest absolute Gasteiger partial charge is 0.389 e. The van der Waals surface area contributed by atoms with Gasteiger partial charge < -0.3 is 15.6 Å². The van der Waals surface area contributed by atoms with Crippen molar-refractivity contribution in [3.8, 4) is 6.07 Å². The Morgan fingerprint density at radius 1 is 1.43 bits per heavy atom. The summed E-state index contributed by atoms with van der Waals surface area (Å²) in [6, 6.07) is 3.81. The van der Waals surface area contributed by atoms with Gasteiger partial charge in [0.25, 0.3) is 0 Å². The van der Waals surface area contributed by atoms with Crippen molar-refractivity contribution in [2.75, 3.05) is 5.32 Å². The van der Waals surface area contributed by atoms with Crippen molar-refractivity contribution in [3.05, 3.63) is 24.0 Å². The fourth-order valence-electron chi connectivity index (χ4n) is 3.86. The number of fused-ring (bicyclic) bond motifs is 1. The van der Waals surface area contributed by atoms with Gasteiger partial charge in [0.1, 0.15) is 11.7 Å². The standard InChI is InChI=1S/C19H22F3N5O/c1-2-11-7-13(26-16(28)3-5-19(20,21)22)8-15(11)27-17-12(9-23)10-25-18-14(17)4-6-24-18/h4,6,10-11,13,15H,2-3,5,7-8H2,1H3,(H,26,28)(H2,24,25,27). The number of H-pyrrole nitrogens is 1. The first-order valence-electron chi connectivity index (χ1n) is 9.29. The highest BCUT2D eigenvalue weighted by atomic mass is 19.4. The number of aromatic nitrogens is 2. The number of hydrogen-bond donors (Lipinski definition) is 3. The van der Waals surface area contributed by atoms with Gasteiger partial charge in [0.15, 0.2) is 0 Å². The molecule has 150 valence electrons. The minimum absolute atomic E-state index is 0.00511. The molecule has 1 saturated carbocycles. The van der Waals surface area contributed by atoms with Gasteiger partial charge >= 0.3 is 6.18 Å². The first-order valence-corrected chi connectivity index (χ1v) is 9.29. The van der Waals surface area contributed by atoms with Crippen molar-refractivity contribution in [2.24, 2.45) is 5.92 Å². The van der Waals surface area contributed by atoms with Gasteiger partial charge in [0.2, 0.25) is 5.91 Å². The number of anilines is 1. The number of rotatable bonds is 6. The lowest BCUT2D eigenvalue weighted by atomic mass is 9.99. The van der Waals surface area contributed by atoms with Crippen molar-refractivity contribution < 1.29 is 18.0 Å². The van der Waals surface area contributed by atoms with Crippen molar-refractivity contribution in [1.29, 1.82) is 5.26 Å². The molecule has 3 unspecified atom stereocenters. The first-order chi connectivity index (χ1) is 13.3. The second kappa shape index (κ2) is 8.09. The molecule has 0 aromatic carbocycles. The highest BCUT2D eigenvalue weighted by molar-refractivity contribution is 5.92. The predicted octanol–water partition coefficient (Wildman–Crippen LogP) is 3.86. The lowest BCUT2D eigenvalue weighted by Crippen LogP contribution is -2.34. The van der Waals surface area contributed by atoms with Crippen LogP contribution in [0.2, 0.25) is 0 Å². The summed E-state index contributed by atoms with van der Waals surface area (Å²) in [5, 5.41) is 16.4. The van der Waals surface area contributed by atoms with E-state index in [1.165, 1.54) is 6.20 Å². The molecule has 0 spiro atoms. The molecule has 1 aliphatic carbocycles. The van der Waals surface area contributed by atoms with Crippen LogP contribution in [-0.4, -0.2) is 34.1 Å². The van der Waals surface area contributed by atoms with Crippen LogP contribution in [0.4, 0.5) is 18.9 Å². The second-order valence-electron chi connectivity index (χ2n) is 7.17. The normalized spacial score (nSPS) is 22.2. The van der Waals surface area contributed by atoms with Crippen LogP contribution >= 0.6 is 0 Å². The Morgan fingerprint density at radius 3 is 2.89 bits per heavy atom. The Balaban J connectivity index is 1.69. The van der Waals surface area contributed by atoms with Crippen LogP contribution in [0.25, 0.3) is 11.0 Å². The summed E-state index contributed by atoms with van der Waals surface area (Å²) in [6.07, 6.45) is -0.603. The smallest absolute Gasteiger partial charge is 0.380 e. The molecule has 2 aromatic heterocycles. The Labute approximate surface area is 160 Å². The lowest BCUT2D eigenvalue weighted by molar-refractivity contribution is -0.144. The van der Waals surface area contributed by atoms with Gasteiger partial charge in [0.05, 0.1) is 17.7 Å². The molecular weight excluding hydrogens is 371 g/mol. The molecule has 28 heavy (non-hydrogen) atoms. The topological polar surface area (TPSA) is 93.6 Å². The number of alkyl halides is 3. The summed E-state index contributed by atoms with van der Waals surface area (Å²) >= 11 is 0. The van der Waals surface area contributed by atoms with Crippen molar-refractivity contribution in [3.63, 3.8) is 0 Å². The molecule has 3 N–H and O–H groups in total. The Kier molecular flexibility index (Phi) is 5.77. The van der Waals surface area contributed by atoms with Gasteiger partial charge in [-0.15, -0.1) is 0 Å². The summed E-state index contributed by atoms with van der Waals surface area (Å²) in [5.74, 6) is -0.339. The number of pyridine rings is 1. The van der Waals surface area contributed by atoms with E-state index in [4.69, 9.17) is 0 Å². The maximum atomic E-state index is 12.3. The minimum Gasteiger partial charge on any atom is -0.380 e. The molecule has 6 nitrogen and oxygen atoms in total. The van der Waals surface area contributed by atoms with Crippen LogP contribution in [0.15, 0.2) is 18.5 Å². The summed E-state index contributed by atoms with van der Waals surface area (Å²) in [4.78, 5) is 19.1. The average Bonchev–Trinajstić information content (AvgIpc) is 3.26. The number of halogens is 3. The molecule has 0 aliphatic heterocycles. The van der Waals surface area contributed by atoms with Crippen LogP contribution in [0.5, 0.6) is 0 Å². The van der Waals surface area contributed by atoms with Gasteiger partial charge in [-0.2, -0.15) is 18.4 Å². The third-order valence-corrected chi connectivity index (χ3v) is 5.26. The van der Waals surface area contributed by atoms with E-state index < -0.39 is 24.9 Å². The highest BCUT2D eigenvalue weighted by Gasteiger charge is 2.35. The fraction of sp³-hybridized carbons (Fsp3) is 0.526. The zero-order valence-corrected chi connectivity index (χ0v) is 15.4. The molecule has 0 radical (unpaired) electrons. The molecule has 0 bridgehead atoms. The maximum absolute atomic E-state index is 12.3. The number of nitrogens with zero attached hydrogens (tertiary/aromatic N) is 2. The quantitative estimate of drug-likeness (QED) is 0.695. The van der Waals surface area contributed by atoms with Crippen LogP contribution < -0.4 is 10.6 Å². The van der Waals surface area contributed by atoms with E-state index in [9.17, 15) is 23.2 Å². The molecule has 9 heteroatoms. The van der Waals surface area contributed by atoms with E-state index in [0.717, 1.165) is 11.8 Å². The number of hydrogen-bond acceptors (Lipinski definition) is 4. The summed E-state index contributed by atoms with van der Waals surface area (Å²) < 4.78 is 36.9. The molecule has 3 rings (SSSR count). The van der Waals surface area contributed by atoms with E-state index in [1.54, 1.807) is 6.20 Å². The van der Waals surface area contributed by atoms with Gasteiger partial charge in [-0.1, -0.05) is 13.3 Å². The number of nitrogens with one attached hydrogen (secondary N) is 3. The second-order valence-corrected chi connectivity index (χ2v) is 7.17. The number of carbonyl (C=O) groups excluding carboxylic acids is 1. The zero-order valence-electron chi connectivity index (χ0n) is 15.4. The minimum atomic E-state index is -4.33. The molecule has 1 fully saturated rings. The van der Waals surface area contributed by atoms with Crippen LogP contribution in [0.1, 0.15) is 44.6 Å². The van der Waals surface area contributed by atoms with Crippen LogP contribution in [0.3, 0.4) is 0 Å². The van der Waals surface area contributed by atoms with E-state index >= 15 is 0 Å². The Morgan fingerprint density at radius 2 is 2.21 bits per heavy atom. The highest BCUT2D eigenvalue weighted by Crippen LogP contribution is 2.34. The van der Waals surface area contributed by atoms with Gasteiger partial charge in [0, 0.05) is 36.3 Å². The lowest BCUT2D eigenvalue weighted by Gasteiger charge is -2.21. The third-order valence-electron chi connectivity index (χ3n) is 5.26. The molecule has 0 saturated heterocycles. The van der Waals surface area contributed by atoms with Gasteiger partial charge in [-0.25, -0.2) is 4.98 Å². The van der Waals surface area contributed by atoms with E-state index in [-0.39, 0.29) is 18.0 Å². The Bertz CT molecular complexity index is 886. The molecule has 1 amide bonds. The SMILES string of the molecule is CCC1CC(NC(=O)CCC(F)(F)F)CC1Nc1c(C#N)cnc2[nH]ccc12. The number of aromatic amines is 1. The third kappa shape index (κ3) is 4.55.